The highest BCUT2D eigenvalue weighted by Crippen LogP contribution is 2.21. The minimum Gasteiger partial charge on any atom is -0.337 e. The standard InChI is InChI=1S/C15H17F2N3O/c1-20-6-4-15(10-18,5-7-20)19-14(21)9-11-8-12(16)2-3-13(11)17/h2-3,8H,4-7,9H2,1H3,(H,19,21). The Morgan fingerprint density at radius 2 is 2.10 bits per heavy atom. The molecule has 4 nitrogen and oxygen atoms in total. The molecule has 1 aromatic carbocycles. The molecule has 21 heavy (non-hydrogen) atoms. The molecule has 0 radical (unpaired) electrons. The van der Waals surface area contributed by atoms with E-state index in [2.05, 4.69) is 16.3 Å². The van der Waals surface area contributed by atoms with E-state index < -0.39 is 23.1 Å². The Kier molecular flexibility index (Phi) is 4.53. The minimum absolute atomic E-state index is 0.00600. The van der Waals surface area contributed by atoms with E-state index in [-0.39, 0.29) is 12.0 Å². The molecule has 0 bridgehead atoms. The van der Waals surface area contributed by atoms with E-state index in [0.717, 1.165) is 18.2 Å². The lowest BCUT2D eigenvalue weighted by molar-refractivity contribution is -0.122. The molecular weight excluding hydrogens is 276 g/mol. The summed E-state index contributed by atoms with van der Waals surface area (Å²) in [7, 11) is 1.95. The Morgan fingerprint density at radius 3 is 2.71 bits per heavy atom. The van der Waals surface area contributed by atoms with E-state index in [9.17, 15) is 18.8 Å². The van der Waals surface area contributed by atoms with Crippen molar-refractivity contribution in [2.75, 3.05) is 20.1 Å². The summed E-state index contributed by atoms with van der Waals surface area (Å²) in [5, 5.41) is 12.0. The molecule has 1 saturated heterocycles. The second-order valence-electron chi connectivity index (χ2n) is 5.46. The van der Waals surface area contributed by atoms with Crippen molar-refractivity contribution in [1.29, 1.82) is 5.26 Å². The van der Waals surface area contributed by atoms with Crippen LogP contribution in [0.3, 0.4) is 0 Å². The highest BCUT2D eigenvalue weighted by atomic mass is 19.1. The maximum atomic E-state index is 13.5. The Labute approximate surface area is 122 Å². The first kappa shape index (κ1) is 15.4. The first-order valence-electron chi connectivity index (χ1n) is 6.79. The third-order valence-corrected chi connectivity index (χ3v) is 3.79. The monoisotopic (exact) mass is 293 g/mol. The number of carbonyl (C=O) groups excluding carboxylic acids is 1. The molecule has 6 heteroatoms. The number of piperidine rings is 1. The summed E-state index contributed by atoms with van der Waals surface area (Å²) < 4.78 is 26.6. The zero-order chi connectivity index (χ0) is 15.5. The Morgan fingerprint density at radius 1 is 1.43 bits per heavy atom. The average molecular weight is 293 g/mol. The van der Waals surface area contributed by atoms with Gasteiger partial charge < -0.3 is 10.2 Å². The van der Waals surface area contributed by atoms with Gasteiger partial charge in [0.25, 0.3) is 0 Å². The SMILES string of the molecule is CN1CCC(C#N)(NC(=O)Cc2cc(F)ccc2F)CC1. The second-order valence-corrected chi connectivity index (χ2v) is 5.46. The van der Waals surface area contributed by atoms with Gasteiger partial charge in [0.1, 0.15) is 17.2 Å². The first-order chi connectivity index (χ1) is 9.94. The number of rotatable bonds is 3. The van der Waals surface area contributed by atoms with Crippen molar-refractivity contribution in [2.45, 2.75) is 24.8 Å². The molecule has 0 aliphatic carbocycles. The van der Waals surface area contributed by atoms with Crippen LogP contribution in [0.15, 0.2) is 18.2 Å². The summed E-state index contributed by atoms with van der Waals surface area (Å²) in [5.41, 5.74) is -0.915. The largest absolute Gasteiger partial charge is 0.337 e. The number of nitrogens with one attached hydrogen (secondary N) is 1. The Balaban J connectivity index is 2.04. The van der Waals surface area contributed by atoms with E-state index in [1.165, 1.54) is 0 Å². The van der Waals surface area contributed by atoms with Gasteiger partial charge in [-0.1, -0.05) is 0 Å². The number of nitriles is 1. The van der Waals surface area contributed by atoms with Gasteiger partial charge in [0, 0.05) is 18.7 Å². The lowest BCUT2D eigenvalue weighted by Gasteiger charge is -2.36. The molecule has 1 aliphatic heterocycles. The Hall–Kier alpha value is -2.00. The summed E-state index contributed by atoms with van der Waals surface area (Å²) >= 11 is 0. The number of carbonyl (C=O) groups is 1. The smallest absolute Gasteiger partial charge is 0.225 e. The van der Waals surface area contributed by atoms with Crippen LogP contribution < -0.4 is 5.32 Å². The van der Waals surface area contributed by atoms with Crippen LogP contribution in [0.1, 0.15) is 18.4 Å². The predicted octanol–water partition coefficient (Wildman–Crippen LogP) is 1.61. The molecule has 1 heterocycles. The number of benzene rings is 1. The van der Waals surface area contributed by atoms with Crippen LogP contribution in [0.5, 0.6) is 0 Å². The van der Waals surface area contributed by atoms with Crippen LogP contribution in [0.4, 0.5) is 8.78 Å². The molecule has 1 fully saturated rings. The lowest BCUT2D eigenvalue weighted by atomic mass is 9.89. The maximum Gasteiger partial charge on any atom is 0.225 e. The van der Waals surface area contributed by atoms with Crippen LogP contribution >= 0.6 is 0 Å². The van der Waals surface area contributed by atoms with Gasteiger partial charge in [0.15, 0.2) is 0 Å². The predicted molar refractivity (Wildman–Crippen MR) is 73.3 cm³/mol. The summed E-state index contributed by atoms with van der Waals surface area (Å²) in [6.07, 6.45) is 0.775. The molecular formula is C15H17F2N3O. The molecule has 0 aromatic heterocycles. The summed E-state index contributed by atoms with van der Waals surface area (Å²) in [4.78, 5) is 14.1. The zero-order valence-corrected chi connectivity index (χ0v) is 11.8. The van der Waals surface area contributed by atoms with Crippen molar-refractivity contribution in [3.63, 3.8) is 0 Å². The van der Waals surface area contributed by atoms with E-state index >= 15 is 0 Å². The van der Waals surface area contributed by atoms with E-state index in [4.69, 9.17) is 0 Å². The van der Waals surface area contributed by atoms with Gasteiger partial charge in [-0.3, -0.25) is 4.79 Å². The molecule has 1 aromatic rings. The minimum atomic E-state index is -0.909. The first-order valence-corrected chi connectivity index (χ1v) is 6.79. The van der Waals surface area contributed by atoms with Crippen molar-refractivity contribution in [3.8, 4) is 6.07 Å². The van der Waals surface area contributed by atoms with Crippen LogP contribution in [0.2, 0.25) is 0 Å². The lowest BCUT2D eigenvalue weighted by Crippen LogP contribution is -2.54. The molecule has 0 atom stereocenters. The van der Waals surface area contributed by atoms with Crippen molar-refractivity contribution in [3.05, 3.63) is 35.4 Å². The van der Waals surface area contributed by atoms with E-state index in [1.807, 2.05) is 7.05 Å². The highest BCUT2D eigenvalue weighted by molar-refractivity contribution is 5.79. The van der Waals surface area contributed by atoms with Crippen molar-refractivity contribution < 1.29 is 13.6 Å². The average Bonchev–Trinajstić information content (AvgIpc) is 2.46. The number of amides is 1. The third kappa shape index (κ3) is 3.76. The molecule has 2 rings (SSSR count). The zero-order valence-electron chi connectivity index (χ0n) is 11.8. The molecule has 1 N–H and O–H groups in total. The fourth-order valence-corrected chi connectivity index (χ4v) is 2.43. The van der Waals surface area contributed by atoms with Crippen molar-refractivity contribution in [1.82, 2.24) is 10.2 Å². The number of hydrogen-bond donors (Lipinski definition) is 1. The molecule has 112 valence electrons. The normalized spacial score (nSPS) is 18.0. The molecule has 1 amide bonds. The maximum absolute atomic E-state index is 13.5. The van der Waals surface area contributed by atoms with Gasteiger partial charge >= 0.3 is 0 Å². The van der Waals surface area contributed by atoms with Crippen LogP contribution in [-0.2, 0) is 11.2 Å². The topological polar surface area (TPSA) is 56.1 Å². The summed E-state index contributed by atoms with van der Waals surface area (Å²) in [6, 6.07) is 5.15. The van der Waals surface area contributed by atoms with E-state index in [0.29, 0.717) is 25.9 Å². The molecule has 0 spiro atoms. The van der Waals surface area contributed by atoms with Gasteiger partial charge in [-0.15, -0.1) is 0 Å². The molecule has 0 unspecified atom stereocenters. The van der Waals surface area contributed by atoms with Gasteiger partial charge in [0.2, 0.25) is 5.91 Å². The van der Waals surface area contributed by atoms with Gasteiger partial charge in [-0.25, -0.2) is 8.78 Å². The number of halogens is 2. The number of hydrogen-bond acceptors (Lipinski definition) is 3. The van der Waals surface area contributed by atoms with Gasteiger partial charge in [-0.05, 0) is 38.1 Å². The summed E-state index contributed by atoms with van der Waals surface area (Å²) in [6.45, 7) is 1.42. The van der Waals surface area contributed by atoms with Crippen LogP contribution in [-0.4, -0.2) is 36.5 Å². The second kappa shape index (κ2) is 6.19. The number of nitrogens with zero attached hydrogens (tertiary/aromatic N) is 2. The van der Waals surface area contributed by atoms with Gasteiger partial charge in [-0.2, -0.15) is 5.26 Å². The molecule has 0 saturated carbocycles. The number of likely N-dealkylation sites (tertiary alicyclic amines) is 1. The van der Waals surface area contributed by atoms with Crippen LogP contribution in [0.25, 0.3) is 0 Å². The summed E-state index contributed by atoms with van der Waals surface area (Å²) in [5.74, 6) is -1.68. The quantitative estimate of drug-likeness (QED) is 0.921. The fraction of sp³-hybridized carbons (Fsp3) is 0.467. The fourth-order valence-electron chi connectivity index (χ4n) is 2.43. The van der Waals surface area contributed by atoms with E-state index in [1.54, 1.807) is 0 Å². The van der Waals surface area contributed by atoms with Crippen molar-refractivity contribution >= 4 is 5.91 Å². The molecule has 1 aliphatic rings. The Bertz CT molecular complexity index is 575. The van der Waals surface area contributed by atoms with Gasteiger partial charge in [0.05, 0.1) is 12.5 Å². The van der Waals surface area contributed by atoms with Crippen LogP contribution in [0, 0.1) is 23.0 Å². The van der Waals surface area contributed by atoms with Crippen molar-refractivity contribution in [2.24, 2.45) is 0 Å². The highest BCUT2D eigenvalue weighted by Gasteiger charge is 2.35. The third-order valence-electron chi connectivity index (χ3n) is 3.79.